The molecule has 0 spiro atoms. The van der Waals surface area contributed by atoms with Crippen LogP contribution in [0.5, 0.6) is 0 Å². The second-order valence-corrected chi connectivity index (χ2v) is 4.65. The summed E-state index contributed by atoms with van der Waals surface area (Å²) < 4.78 is 37.4. The molecule has 0 bridgehead atoms. The van der Waals surface area contributed by atoms with Gasteiger partial charge >= 0.3 is 16.2 Å². The molecule has 6 heteroatoms. The molecule has 0 saturated carbocycles. The first-order valence-corrected chi connectivity index (χ1v) is 5.34. The minimum atomic E-state index is -4.65. The fourth-order valence-electron chi connectivity index (χ4n) is 0.816. The highest BCUT2D eigenvalue weighted by Crippen LogP contribution is 2.20. The van der Waals surface area contributed by atoms with Crippen molar-refractivity contribution in [1.29, 1.82) is 0 Å². The van der Waals surface area contributed by atoms with Crippen LogP contribution in [0.3, 0.4) is 0 Å². The molecule has 0 aliphatic carbocycles. The third kappa shape index (κ3) is 4.82. The minimum Gasteiger partial charge on any atom is -0.466 e. The summed E-state index contributed by atoms with van der Waals surface area (Å²) in [7, 11) is -4.65. The normalized spacial score (nSPS) is 12.6. The highest BCUT2D eigenvalue weighted by molar-refractivity contribution is 7.86. The summed E-state index contributed by atoms with van der Waals surface area (Å²) in [5.41, 5.74) is -1.33. The van der Waals surface area contributed by atoms with E-state index >= 15 is 0 Å². The zero-order valence-electron chi connectivity index (χ0n) is 7.83. The highest BCUT2D eigenvalue weighted by atomic mass is 32.3. The van der Waals surface area contributed by atoms with Crippen molar-refractivity contribution in [2.75, 3.05) is 12.4 Å². The van der Waals surface area contributed by atoms with E-state index in [4.69, 9.17) is 0 Å². The first-order valence-electron chi connectivity index (χ1n) is 3.78. The molecule has 0 aromatic heterocycles. The molecule has 0 saturated heterocycles. The van der Waals surface area contributed by atoms with Gasteiger partial charge in [0.1, 0.15) is 0 Å². The largest absolute Gasteiger partial charge is 0.466 e. The van der Waals surface area contributed by atoms with Crippen molar-refractivity contribution < 1.29 is 21.8 Å². The Labute approximate surface area is 77.3 Å². The zero-order valence-corrected chi connectivity index (χ0v) is 8.65. The minimum absolute atomic E-state index is 0.147. The maximum Gasteiger partial charge on any atom is 0.312 e. The first-order chi connectivity index (χ1) is 5.69. The van der Waals surface area contributed by atoms with Crippen molar-refractivity contribution in [3.63, 3.8) is 0 Å². The molecular weight excluding hydrogens is 199 g/mol. The Hall–Kier alpha value is -0.650. The van der Waals surface area contributed by atoms with Crippen LogP contribution in [0.2, 0.25) is 0 Å². The predicted molar refractivity (Wildman–Crippen MR) is 45.3 cm³/mol. The van der Waals surface area contributed by atoms with E-state index in [1.54, 1.807) is 6.92 Å². The maximum absolute atomic E-state index is 12.2. The third-order valence-electron chi connectivity index (χ3n) is 1.36. The lowest BCUT2D eigenvalue weighted by Gasteiger charge is -2.19. The third-order valence-corrected chi connectivity index (χ3v) is 2.43. The molecule has 4 nitrogen and oxygen atoms in total. The van der Waals surface area contributed by atoms with Gasteiger partial charge in [-0.2, -0.15) is 8.42 Å². The summed E-state index contributed by atoms with van der Waals surface area (Å²) in [6.45, 7) is 4.39. The van der Waals surface area contributed by atoms with E-state index in [0.717, 1.165) is 0 Å². The fraction of sp³-hybridized carbons (Fsp3) is 0.857. The molecule has 0 aliphatic heterocycles. The van der Waals surface area contributed by atoms with Crippen molar-refractivity contribution in [3.05, 3.63) is 0 Å². The molecule has 0 rings (SSSR count). The van der Waals surface area contributed by atoms with E-state index in [-0.39, 0.29) is 6.61 Å². The van der Waals surface area contributed by atoms with Crippen LogP contribution in [0.15, 0.2) is 0 Å². The second-order valence-electron chi connectivity index (χ2n) is 3.29. The lowest BCUT2D eigenvalue weighted by Crippen LogP contribution is -2.32. The molecule has 0 aliphatic rings. The number of ether oxygens (including phenoxy) is 1. The number of hydrogen-bond donors (Lipinski definition) is 0. The lowest BCUT2D eigenvalue weighted by molar-refractivity contribution is -0.152. The van der Waals surface area contributed by atoms with Crippen molar-refractivity contribution in [3.8, 4) is 0 Å². The van der Waals surface area contributed by atoms with Crippen molar-refractivity contribution >= 4 is 16.2 Å². The zero-order chi connectivity index (χ0) is 10.7. The molecule has 0 amide bonds. The van der Waals surface area contributed by atoms with Crippen LogP contribution in [0.4, 0.5) is 3.89 Å². The van der Waals surface area contributed by atoms with Gasteiger partial charge in [0, 0.05) is 0 Å². The van der Waals surface area contributed by atoms with E-state index < -0.39 is 27.4 Å². The molecule has 0 radical (unpaired) electrons. The predicted octanol–water partition coefficient (Wildman–Crippen LogP) is 0.875. The van der Waals surface area contributed by atoms with Crippen molar-refractivity contribution in [1.82, 2.24) is 0 Å². The molecule has 0 aromatic carbocycles. The van der Waals surface area contributed by atoms with Gasteiger partial charge < -0.3 is 4.74 Å². The Balaban J connectivity index is 4.49. The fourth-order valence-corrected chi connectivity index (χ4v) is 1.80. The van der Waals surface area contributed by atoms with Gasteiger partial charge in [0.25, 0.3) is 0 Å². The Morgan fingerprint density at radius 2 is 1.92 bits per heavy atom. The van der Waals surface area contributed by atoms with Crippen LogP contribution in [0.1, 0.15) is 20.8 Å². The van der Waals surface area contributed by atoms with Gasteiger partial charge in [-0.05, 0) is 20.8 Å². The Bertz CT molecular complexity index is 281. The number of carbonyl (C=O) groups excluding carboxylic acids is 1. The summed E-state index contributed by atoms with van der Waals surface area (Å²) in [5, 5.41) is 0. The SMILES string of the molecule is CCOC(=O)C(C)(C)CS(=O)(=O)F. The van der Waals surface area contributed by atoms with E-state index in [1.165, 1.54) is 13.8 Å². The number of hydrogen-bond acceptors (Lipinski definition) is 4. The van der Waals surface area contributed by atoms with E-state index in [1.807, 2.05) is 0 Å². The molecule has 78 valence electrons. The number of halogens is 1. The molecule has 0 atom stereocenters. The smallest absolute Gasteiger partial charge is 0.312 e. The van der Waals surface area contributed by atoms with Gasteiger partial charge in [0.2, 0.25) is 0 Å². The Kier molecular flexibility index (Phi) is 3.84. The summed E-state index contributed by atoms with van der Waals surface area (Å²) in [4.78, 5) is 11.1. The topological polar surface area (TPSA) is 60.4 Å². The van der Waals surface area contributed by atoms with Crippen LogP contribution in [0.25, 0.3) is 0 Å². The molecule has 13 heavy (non-hydrogen) atoms. The van der Waals surface area contributed by atoms with Crippen LogP contribution < -0.4 is 0 Å². The van der Waals surface area contributed by atoms with E-state index in [2.05, 4.69) is 4.74 Å². The van der Waals surface area contributed by atoms with Crippen molar-refractivity contribution in [2.24, 2.45) is 5.41 Å². The first kappa shape index (κ1) is 12.3. The second kappa shape index (κ2) is 4.04. The summed E-state index contributed by atoms with van der Waals surface area (Å²) in [5.74, 6) is -1.56. The Morgan fingerprint density at radius 3 is 2.23 bits per heavy atom. The van der Waals surface area contributed by atoms with Gasteiger partial charge in [0.15, 0.2) is 0 Å². The lowest BCUT2D eigenvalue weighted by atomic mass is 9.97. The van der Waals surface area contributed by atoms with Crippen LogP contribution in [-0.4, -0.2) is 26.7 Å². The maximum atomic E-state index is 12.2. The molecular formula is C7H13FO4S. The number of esters is 1. The highest BCUT2D eigenvalue weighted by Gasteiger charge is 2.34. The van der Waals surface area contributed by atoms with E-state index in [0.29, 0.717) is 0 Å². The standard InChI is InChI=1S/C7H13FO4S/c1-4-12-6(9)7(2,3)5-13(8,10)11/h4-5H2,1-3H3. The average molecular weight is 212 g/mol. The monoisotopic (exact) mass is 212 g/mol. The van der Waals surface area contributed by atoms with Crippen LogP contribution in [-0.2, 0) is 19.8 Å². The Morgan fingerprint density at radius 1 is 1.46 bits per heavy atom. The molecule has 0 unspecified atom stereocenters. The summed E-state index contributed by atoms with van der Waals surface area (Å²) in [6, 6.07) is 0. The molecule has 0 aromatic rings. The van der Waals surface area contributed by atoms with Gasteiger partial charge in [-0.15, -0.1) is 3.89 Å². The summed E-state index contributed by atoms with van der Waals surface area (Å²) in [6.07, 6.45) is 0. The average Bonchev–Trinajstić information content (AvgIpc) is 1.82. The molecule has 0 fully saturated rings. The quantitative estimate of drug-likeness (QED) is 0.512. The number of rotatable bonds is 4. The van der Waals surface area contributed by atoms with Gasteiger partial charge in [-0.25, -0.2) is 0 Å². The van der Waals surface area contributed by atoms with Crippen molar-refractivity contribution in [2.45, 2.75) is 20.8 Å². The van der Waals surface area contributed by atoms with Gasteiger partial charge in [-0.3, -0.25) is 4.79 Å². The number of carbonyl (C=O) groups is 1. The van der Waals surface area contributed by atoms with E-state index in [9.17, 15) is 17.1 Å². The van der Waals surface area contributed by atoms with Crippen LogP contribution >= 0.6 is 0 Å². The van der Waals surface area contributed by atoms with Gasteiger partial charge in [0.05, 0.1) is 17.8 Å². The molecule has 0 N–H and O–H groups in total. The van der Waals surface area contributed by atoms with Gasteiger partial charge in [-0.1, -0.05) is 0 Å². The summed E-state index contributed by atoms with van der Waals surface area (Å²) >= 11 is 0. The van der Waals surface area contributed by atoms with Crippen LogP contribution in [0, 0.1) is 5.41 Å². The molecule has 0 heterocycles.